The van der Waals surface area contributed by atoms with Crippen molar-refractivity contribution in [2.45, 2.75) is 46.8 Å². The zero-order valence-electron chi connectivity index (χ0n) is 17.1. The van der Waals surface area contributed by atoms with Crippen LogP contribution in [0.15, 0.2) is 42.5 Å². The van der Waals surface area contributed by atoms with Crippen molar-refractivity contribution in [2.75, 3.05) is 17.2 Å². The number of carbonyl (C=O) groups excluding carboxylic acids is 2. The molecular formula is C23H29N3O2. The van der Waals surface area contributed by atoms with Crippen LogP contribution in [0.5, 0.6) is 0 Å². The maximum atomic E-state index is 12.4. The topological polar surface area (TPSA) is 61.4 Å². The van der Waals surface area contributed by atoms with Gasteiger partial charge in [0.25, 0.3) is 0 Å². The van der Waals surface area contributed by atoms with Gasteiger partial charge in [0.15, 0.2) is 5.78 Å². The number of benzene rings is 2. The molecule has 0 radical (unpaired) electrons. The number of carbonyl (C=O) groups is 2. The number of hydrogen-bond donors (Lipinski definition) is 2. The van der Waals surface area contributed by atoms with Crippen LogP contribution in [0.2, 0.25) is 0 Å². The molecule has 3 rings (SSSR count). The minimum Gasteiger partial charge on any atom is -0.376 e. The lowest BCUT2D eigenvalue weighted by atomic mass is 10.1. The minimum absolute atomic E-state index is 0.0656. The summed E-state index contributed by atoms with van der Waals surface area (Å²) in [4.78, 5) is 26.6. The Labute approximate surface area is 167 Å². The van der Waals surface area contributed by atoms with Gasteiger partial charge in [-0.25, -0.2) is 0 Å². The zero-order valence-corrected chi connectivity index (χ0v) is 17.1. The lowest BCUT2D eigenvalue weighted by molar-refractivity contribution is -0.114. The van der Waals surface area contributed by atoms with E-state index in [1.807, 2.05) is 18.2 Å². The second kappa shape index (κ2) is 8.57. The van der Waals surface area contributed by atoms with Gasteiger partial charge < -0.3 is 10.6 Å². The third kappa shape index (κ3) is 4.42. The summed E-state index contributed by atoms with van der Waals surface area (Å²) in [6, 6.07) is 13.8. The number of para-hydroxylation sites is 1. The van der Waals surface area contributed by atoms with Crippen LogP contribution >= 0.6 is 0 Å². The molecule has 0 aromatic heterocycles. The highest BCUT2D eigenvalue weighted by Gasteiger charge is 2.26. The summed E-state index contributed by atoms with van der Waals surface area (Å²) < 4.78 is 0. The first-order valence-corrected chi connectivity index (χ1v) is 9.85. The molecule has 0 aliphatic carbocycles. The van der Waals surface area contributed by atoms with Crippen LogP contribution in [0, 0.1) is 5.92 Å². The number of hydrogen-bond acceptors (Lipinski definition) is 4. The van der Waals surface area contributed by atoms with E-state index in [0.717, 1.165) is 18.8 Å². The fraction of sp³-hybridized carbons (Fsp3) is 0.391. The predicted molar refractivity (Wildman–Crippen MR) is 114 cm³/mol. The molecule has 1 aliphatic heterocycles. The normalized spacial score (nSPS) is 14.6. The summed E-state index contributed by atoms with van der Waals surface area (Å²) in [6.07, 6.45) is 0. The molecule has 1 aliphatic rings. The van der Waals surface area contributed by atoms with Gasteiger partial charge in [-0.2, -0.15) is 0 Å². The zero-order chi connectivity index (χ0) is 20.3. The standard InChI is InChI=1S/C23H29N3O2/c1-15(2)16(3)26-13-18-8-7-11-21(20(18)14-26)24-12-23(28)25-22-10-6-5-9-19(22)17(4)27/h5-11,15-16,24H,12-14H2,1-4H3,(H,25,28). The number of anilines is 2. The third-order valence-electron chi connectivity index (χ3n) is 5.57. The van der Waals surface area contributed by atoms with E-state index in [1.165, 1.54) is 18.1 Å². The van der Waals surface area contributed by atoms with Gasteiger partial charge in [0.1, 0.15) is 0 Å². The van der Waals surface area contributed by atoms with Crippen LogP contribution in [0.3, 0.4) is 0 Å². The van der Waals surface area contributed by atoms with E-state index in [4.69, 9.17) is 0 Å². The Kier molecular flexibility index (Phi) is 6.15. The maximum Gasteiger partial charge on any atom is 0.243 e. The molecule has 5 heteroatoms. The Morgan fingerprint density at radius 3 is 2.43 bits per heavy atom. The molecule has 2 aromatic carbocycles. The predicted octanol–water partition coefficient (Wildman–Crippen LogP) is 4.30. The van der Waals surface area contributed by atoms with Gasteiger partial charge in [-0.3, -0.25) is 14.5 Å². The molecular weight excluding hydrogens is 350 g/mol. The van der Waals surface area contributed by atoms with Gasteiger partial charge in [0, 0.05) is 30.4 Å². The maximum absolute atomic E-state index is 12.4. The SMILES string of the molecule is CC(=O)c1ccccc1NC(=O)CNc1cccc2c1CN(C(C)C(C)C)C2. The number of Topliss-reactive ketones (excluding diaryl/α,β-unsaturated/α-hetero) is 1. The Bertz CT molecular complexity index is 876. The highest BCUT2D eigenvalue weighted by molar-refractivity contribution is 6.04. The molecule has 1 atom stereocenters. The highest BCUT2D eigenvalue weighted by atomic mass is 16.2. The largest absolute Gasteiger partial charge is 0.376 e. The third-order valence-corrected chi connectivity index (χ3v) is 5.57. The average molecular weight is 380 g/mol. The summed E-state index contributed by atoms with van der Waals surface area (Å²) in [6.45, 7) is 10.3. The fourth-order valence-corrected chi connectivity index (χ4v) is 3.59. The van der Waals surface area contributed by atoms with E-state index in [1.54, 1.807) is 18.2 Å². The van der Waals surface area contributed by atoms with Gasteiger partial charge in [-0.1, -0.05) is 38.1 Å². The van der Waals surface area contributed by atoms with Crippen LogP contribution in [0.1, 0.15) is 49.2 Å². The Morgan fingerprint density at radius 2 is 1.71 bits per heavy atom. The van der Waals surface area contributed by atoms with Crippen molar-refractivity contribution in [3.63, 3.8) is 0 Å². The number of rotatable bonds is 7. The second-order valence-electron chi connectivity index (χ2n) is 7.84. The molecule has 0 spiro atoms. The molecule has 0 fully saturated rings. The van der Waals surface area contributed by atoms with Crippen LogP contribution in [-0.2, 0) is 17.9 Å². The van der Waals surface area contributed by atoms with E-state index in [2.05, 4.69) is 42.4 Å². The summed E-state index contributed by atoms with van der Waals surface area (Å²) >= 11 is 0. The van der Waals surface area contributed by atoms with Crippen molar-refractivity contribution in [1.82, 2.24) is 4.90 Å². The molecule has 28 heavy (non-hydrogen) atoms. The van der Waals surface area contributed by atoms with Crippen LogP contribution in [0.25, 0.3) is 0 Å². The molecule has 1 heterocycles. The summed E-state index contributed by atoms with van der Waals surface area (Å²) in [7, 11) is 0. The molecule has 2 N–H and O–H groups in total. The molecule has 2 aromatic rings. The Balaban J connectivity index is 1.65. The molecule has 1 unspecified atom stereocenters. The summed E-state index contributed by atoms with van der Waals surface area (Å²) in [5.41, 5.74) is 4.67. The number of amides is 1. The summed E-state index contributed by atoms with van der Waals surface area (Å²) in [5, 5.41) is 6.12. The Morgan fingerprint density at radius 1 is 1.00 bits per heavy atom. The van der Waals surface area contributed by atoms with Crippen LogP contribution < -0.4 is 10.6 Å². The van der Waals surface area contributed by atoms with E-state index in [-0.39, 0.29) is 18.2 Å². The minimum atomic E-state index is -0.170. The Hall–Kier alpha value is -2.66. The second-order valence-corrected chi connectivity index (χ2v) is 7.84. The van der Waals surface area contributed by atoms with Gasteiger partial charge in [0.05, 0.1) is 12.2 Å². The van der Waals surface area contributed by atoms with E-state index in [9.17, 15) is 9.59 Å². The summed E-state index contributed by atoms with van der Waals surface area (Å²) in [5.74, 6) is 0.360. The van der Waals surface area contributed by atoms with E-state index < -0.39 is 0 Å². The number of ketones is 1. The van der Waals surface area contributed by atoms with Gasteiger partial charge in [-0.05, 0) is 49.1 Å². The molecule has 0 saturated carbocycles. The lowest BCUT2D eigenvalue weighted by Gasteiger charge is -2.27. The average Bonchev–Trinajstić information content (AvgIpc) is 3.10. The molecule has 1 amide bonds. The molecule has 5 nitrogen and oxygen atoms in total. The quantitative estimate of drug-likeness (QED) is 0.704. The van der Waals surface area contributed by atoms with Crippen molar-refractivity contribution >= 4 is 23.1 Å². The first-order valence-electron chi connectivity index (χ1n) is 9.85. The molecule has 0 saturated heterocycles. The number of nitrogens with zero attached hydrogens (tertiary/aromatic N) is 1. The number of fused-ring (bicyclic) bond motifs is 1. The van der Waals surface area contributed by atoms with E-state index >= 15 is 0 Å². The lowest BCUT2D eigenvalue weighted by Crippen LogP contribution is -2.32. The van der Waals surface area contributed by atoms with Crippen molar-refractivity contribution in [1.29, 1.82) is 0 Å². The van der Waals surface area contributed by atoms with Crippen molar-refractivity contribution in [3.8, 4) is 0 Å². The van der Waals surface area contributed by atoms with Crippen molar-refractivity contribution in [2.24, 2.45) is 5.92 Å². The monoisotopic (exact) mass is 379 g/mol. The van der Waals surface area contributed by atoms with Gasteiger partial charge in [0.2, 0.25) is 5.91 Å². The van der Waals surface area contributed by atoms with Crippen LogP contribution in [-0.4, -0.2) is 29.2 Å². The first-order chi connectivity index (χ1) is 13.4. The van der Waals surface area contributed by atoms with E-state index in [0.29, 0.717) is 23.2 Å². The smallest absolute Gasteiger partial charge is 0.243 e. The molecule has 148 valence electrons. The van der Waals surface area contributed by atoms with Gasteiger partial charge in [-0.15, -0.1) is 0 Å². The fourth-order valence-electron chi connectivity index (χ4n) is 3.59. The highest BCUT2D eigenvalue weighted by Crippen LogP contribution is 2.31. The first kappa shape index (κ1) is 20.1. The molecule has 0 bridgehead atoms. The van der Waals surface area contributed by atoms with Crippen molar-refractivity contribution in [3.05, 3.63) is 59.2 Å². The van der Waals surface area contributed by atoms with Crippen LogP contribution in [0.4, 0.5) is 11.4 Å². The van der Waals surface area contributed by atoms with Gasteiger partial charge >= 0.3 is 0 Å². The van der Waals surface area contributed by atoms with Crippen molar-refractivity contribution < 1.29 is 9.59 Å². The number of nitrogens with one attached hydrogen (secondary N) is 2.